The Labute approximate surface area is 113 Å². The zero-order valence-electron chi connectivity index (χ0n) is 10.2. The molecule has 0 aliphatic carbocycles. The molecule has 1 aliphatic heterocycles. The molecule has 1 atom stereocenters. The van der Waals surface area contributed by atoms with Gasteiger partial charge < -0.3 is 9.84 Å². The van der Waals surface area contributed by atoms with Crippen LogP contribution in [0.1, 0.15) is 24.8 Å². The molecule has 0 radical (unpaired) electrons. The average molecular weight is 272 g/mol. The first-order chi connectivity index (χ1) is 9.40. The van der Waals surface area contributed by atoms with E-state index in [1.165, 1.54) is 0 Å². The molecule has 1 unspecified atom stereocenters. The van der Waals surface area contributed by atoms with Gasteiger partial charge in [-0.05, 0) is 36.9 Å². The molecule has 3 aromatic rings. The van der Waals surface area contributed by atoms with Gasteiger partial charge in [-0.15, -0.1) is 11.3 Å². The molecule has 0 saturated carbocycles. The molecule has 1 saturated heterocycles. The number of nitrogens with one attached hydrogen (secondary N) is 1. The number of hydrogen-bond donors (Lipinski definition) is 1. The van der Waals surface area contributed by atoms with Crippen molar-refractivity contribution in [3.05, 3.63) is 29.6 Å². The lowest BCUT2D eigenvalue weighted by Crippen LogP contribution is -2.12. The lowest BCUT2D eigenvalue weighted by atomic mass is 10.2. The van der Waals surface area contributed by atoms with E-state index in [9.17, 15) is 0 Å². The third kappa shape index (κ3) is 1.93. The molecule has 1 fully saturated rings. The maximum atomic E-state index is 5.35. The van der Waals surface area contributed by atoms with Crippen LogP contribution >= 0.6 is 11.3 Å². The number of fused-ring (bicyclic) bond motifs is 1. The summed E-state index contributed by atoms with van der Waals surface area (Å²) in [7, 11) is 0. The first-order valence-corrected chi connectivity index (χ1v) is 7.19. The molecule has 4 rings (SSSR count). The SMILES string of the molecule is c1cc2ncc(-c3noc(C4CCCN4)n3)cc2s1. The van der Waals surface area contributed by atoms with Crippen molar-refractivity contribution in [3.8, 4) is 11.4 Å². The molecule has 1 N–H and O–H groups in total. The van der Waals surface area contributed by atoms with Gasteiger partial charge in [0.15, 0.2) is 0 Å². The van der Waals surface area contributed by atoms with Crippen LogP contribution in [0, 0.1) is 0 Å². The van der Waals surface area contributed by atoms with Crippen LogP contribution in [0.3, 0.4) is 0 Å². The van der Waals surface area contributed by atoms with Gasteiger partial charge >= 0.3 is 0 Å². The van der Waals surface area contributed by atoms with Gasteiger partial charge in [-0.25, -0.2) is 0 Å². The van der Waals surface area contributed by atoms with E-state index in [1.807, 2.05) is 11.4 Å². The fraction of sp³-hybridized carbons (Fsp3) is 0.308. The van der Waals surface area contributed by atoms with E-state index in [0.29, 0.717) is 11.7 Å². The second-order valence-corrected chi connectivity index (χ2v) is 5.58. The zero-order valence-corrected chi connectivity index (χ0v) is 11.0. The summed E-state index contributed by atoms with van der Waals surface area (Å²) in [6, 6.07) is 4.28. The van der Waals surface area contributed by atoms with Crippen molar-refractivity contribution < 1.29 is 4.52 Å². The van der Waals surface area contributed by atoms with Crippen LogP contribution in [0.15, 0.2) is 28.2 Å². The Morgan fingerprint density at radius 2 is 2.42 bits per heavy atom. The summed E-state index contributed by atoms with van der Waals surface area (Å²) in [5.74, 6) is 1.30. The Morgan fingerprint density at radius 1 is 1.42 bits per heavy atom. The molecular formula is C13H12N4OS. The molecule has 1 aliphatic rings. The summed E-state index contributed by atoms with van der Waals surface area (Å²) in [5, 5.41) is 9.45. The van der Waals surface area contributed by atoms with E-state index in [-0.39, 0.29) is 6.04 Å². The molecule has 4 heterocycles. The highest BCUT2D eigenvalue weighted by Crippen LogP contribution is 2.26. The van der Waals surface area contributed by atoms with Gasteiger partial charge in [0.2, 0.25) is 11.7 Å². The number of nitrogens with zero attached hydrogens (tertiary/aromatic N) is 3. The number of aromatic nitrogens is 3. The van der Waals surface area contributed by atoms with E-state index in [1.54, 1.807) is 17.5 Å². The number of rotatable bonds is 2. The lowest BCUT2D eigenvalue weighted by molar-refractivity contribution is 0.345. The van der Waals surface area contributed by atoms with Crippen molar-refractivity contribution in [2.24, 2.45) is 0 Å². The fourth-order valence-electron chi connectivity index (χ4n) is 2.36. The van der Waals surface area contributed by atoms with Crippen LogP contribution in [-0.2, 0) is 0 Å². The fourth-order valence-corrected chi connectivity index (χ4v) is 3.14. The molecule has 0 bridgehead atoms. The Hall–Kier alpha value is -1.79. The van der Waals surface area contributed by atoms with Gasteiger partial charge in [-0.3, -0.25) is 4.98 Å². The second-order valence-electron chi connectivity index (χ2n) is 4.63. The monoisotopic (exact) mass is 272 g/mol. The second kappa shape index (κ2) is 4.40. The van der Waals surface area contributed by atoms with Crippen LogP contribution in [0.25, 0.3) is 21.6 Å². The van der Waals surface area contributed by atoms with Crippen molar-refractivity contribution in [1.29, 1.82) is 0 Å². The van der Waals surface area contributed by atoms with Crippen molar-refractivity contribution >= 4 is 21.6 Å². The number of thiophene rings is 1. The van der Waals surface area contributed by atoms with Crippen molar-refractivity contribution in [2.45, 2.75) is 18.9 Å². The predicted octanol–water partition coefficient (Wildman–Crippen LogP) is 2.77. The standard InChI is InChI=1S/C13H12N4OS/c1-2-10(14-4-1)13-16-12(17-18-13)8-6-11-9(15-7-8)3-5-19-11/h3,5-7,10,14H,1-2,4H2. The van der Waals surface area contributed by atoms with Gasteiger partial charge in [0.25, 0.3) is 0 Å². The maximum Gasteiger partial charge on any atom is 0.244 e. The first-order valence-electron chi connectivity index (χ1n) is 6.31. The minimum atomic E-state index is 0.208. The molecule has 5 nitrogen and oxygen atoms in total. The molecular weight excluding hydrogens is 260 g/mol. The zero-order chi connectivity index (χ0) is 12.7. The molecule has 19 heavy (non-hydrogen) atoms. The van der Waals surface area contributed by atoms with Crippen molar-refractivity contribution in [1.82, 2.24) is 20.4 Å². The van der Waals surface area contributed by atoms with Gasteiger partial charge in [0.1, 0.15) is 0 Å². The lowest BCUT2D eigenvalue weighted by Gasteiger charge is -2.01. The smallest absolute Gasteiger partial charge is 0.244 e. The van der Waals surface area contributed by atoms with E-state index in [2.05, 4.69) is 26.5 Å². The van der Waals surface area contributed by atoms with Crippen molar-refractivity contribution in [3.63, 3.8) is 0 Å². The Bertz CT molecular complexity index is 714. The molecule has 6 heteroatoms. The Morgan fingerprint density at radius 3 is 3.32 bits per heavy atom. The molecule has 3 aromatic heterocycles. The summed E-state index contributed by atoms with van der Waals surface area (Å²) < 4.78 is 6.49. The largest absolute Gasteiger partial charge is 0.337 e. The highest BCUT2D eigenvalue weighted by atomic mass is 32.1. The molecule has 96 valence electrons. The first kappa shape index (κ1) is 11.1. The van der Waals surface area contributed by atoms with E-state index in [4.69, 9.17) is 4.52 Å². The topological polar surface area (TPSA) is 63.8 Å². The van der Waals surface area contributed by atoms with Gasteiger partial charge in [0, 0.05) is 11.8 Å². The predicted molar refractivity (Wildman–Crippen MR) is 72.9 cm³/mol. The van der Waals surface area contributed by atoms with E-state index in [0.717, 1.165) is 35.2 Å². The number of pyridine rings is 1. The molecule has 0 spiro atoms. The average Bonchev–Trinajstić information content (AvgIpc) is 3.18. The summed E-state index contributed by atoms with van der Waals surface area (Å²) in [6.07, 6.45) is 4.01. The van der Waals surface area contributed by atoms with Gasteiger partial charge in [0.05, 0.1) is 16.3 Å². The molecule has 0 amide bonds. The minimum Gasteiger partial charge on any atom is -0.337 e. The van der Waals surface area contributed by atoms with Crippen LogP contribution in [0.2, 0.25) is 0 Å². The third-order valence-corrected chi connectivity index (χ3v) is 4.21. The minimum absolute atomic E-state index is 0.208. The van der Waals surface area contributed by atoms with E-state index >= 15 is 0 Å². The van der Waals surface area contributed by atoms with Crippen LogP contribution in [-0.4, -0.2) is 21.7 Å². The summed E-state index contributed by atoms with van der Waals surface area (Å²) in [4.78, 5) is 8.88. The van der Waals surface area contributed by atoms with Crippen LogP contribution in [0.5, 0.6) is 0 Å². The summed E-state index contributed by atoms with van der Waals surface area (Å²) >= 11 is 1.67. The maximum absolute atomic E-state index is 5.35. The highest BCUT2D eigenvalue weighted by molar-refractivity contribution is 7.17. The molecule has 0 aromatic carbocycles. The number of hydrogen-bond acceptors (Lipinski definition) is 6. The quantitative estimate of drug-likeness (QED) is 0.777. The van der Waals surface area contributed by atoms with Crippen molar-refractivity contribution in [2.75, 3.05) is 6.54 Å². The van der Waals surface area contributed by atoms with Crippen LogP contribution in [0.4, 0.5) is 0 Å². The normalized spacial score (nSPS) is 19.3. The van der Waals surface area contributed by atoms with Crippen LogP contribution < -0.4 is 5.32 Å². The van der Waals surface area contributed by atoms with E-state index < -0.39 is 0 Å². The van der Waals surface area contributed by atoms with Gasteiger partial charge in [-0.1, -0.05) is 5.16 Å². The third-order valence-electron chi connectivity index (χ3n) is 3.36. The highest BCUT2D eigenvalue weighted by Gasteiger charge is 2.22. The Kier molecular flexibility index (Phi) is 2.56. The van der Waals surface area contributed by atoms with Gasteiger partial charge in [-0.2, -0.15) is 4.98 Å². The Balaban J connectivity index is 1.70. The summed E-state index contributed by atoms with van der Waals surface area (Å²) in [6.45, 7) is 1.02. The summed E-state index contributed by atoms with van der Waals surface area (Å²) in [5.41, 5.74) is 1.91.